The molecular formula is C25H22N4O3. The smallest absolute Gasteiger partial charge is 0.321 e. The van der Waals surface area contributed by atoms with Gasteiger partial charge in [-0.05, 0) is 36.4 Å². The Balaban J connectivity index is 1.37. The molecule has 2 amide bonds. The maximum atomic E-state index is 12.7. The van der Waals surface area contributed by atoms with Crippen molar-refractivity contribution in [1.29, 1.82) is 0 Å². The summed E-state index contributed by atoms with van der Waals surface area (Å²) in [5.41, 5.74) is 3.09. The molecule has 32 heavy (non-hydrogen) atoms. The van der Waals surface area contributed by atoms with Gasteiger partial charge in [0.1, 0.15) is 5.69 Å². The van der Waals surface area contributed by atoms with Crippen LogP contribution < -0.4 is 10.2 Å². The number of urea groups is 1. The van der Waals surface area contributed by atoms with Gasteiger partial charge in [-0.25, -0.2) is 4.79 Å². The molecule has 0 spiro atoms. The fraction of sp³-hybridized carbons (Fsp3) is 0.160. The summed E-state index contributed by atoms with van der Waals surface area (Å²) in [6, 6.07) is 23.7. The molecule has 1 N–H and O–H groups in total. The Morgan fingerprint density at radius 2 is 1.50 bits per heavy atom. The van der Waals surface area contributed by atoms with E-state index in [9.17, 15) is 14.9 Å². The zero-order valence-electron chi connectivity index (χ0n) is 17.4. The molecule has 0 aromatic heterocycles. The minimum absolute atomic E-state index is 0.0822. The van der Waals surface area contributed by atoms with E-state index in [0.29, 0.717) is 37.6 Å². The van der Waals surface area contributed by atoms with Gasteiger partial charge in [-0.2, -0.15) is 0 Å². The van der Waals surface area contributed by atoms with Gasteiger partial charge in [0.2, 0.25) is 0 Å². The summed E-state index contributed by atoms with van der Waals surface area (Å²) in [4.78, 5) is 27.3. The van der Waals surface area contributed by atoms with E-state index < -0.39 is 0 Å². The summed E-state index contributed by atoms with van der Waals surface area (Å²) in [6.07, 6.45) is 0. The molecule has 0 aliphatic carbocycles. The van der Waals surface area contributed by atoms with Crippen molar-refractivity contribution >= 4 is 23.1 Å². The van der Waals surface area contributed by atoms with Crippen molar-refractivity contribution in [2.24, 2.45) is 0 Å². The molecule has 1 aliphatic rings. The van der Waals surface area contributed by atoms with Gasteiger partial charge in [0.15, 0.2) is 0 Å². The monoisotopic (exact) mass is 426 g/mol. The van der Waals surface area contributed by atoms with Crippen LogP contribution in [0.25, 0.3) is 0 Å². The number of nitro groups is 1. The summed E-state index contributed by atoms with van der Waals surface area (Å²) in [5.74, 6) is 6.23. The molecule has 160 valence electrons. The number of benzene rings is 3. The molecule has 0 saturated carbocycles. The van der Waals surface area contributed by atoms with Crippen molar-refractivity contribution in [1.82, 2.24) is 4.90 Å². The van der Waals surface area contributed by atoms with E-state index >= 15 is 0 Å². The van der Waals surface area contributed by atoms with Gasteiger partial charge in [-0.3, -0.25) is 10.1 Å². The molecule has 0 bridgehead atoms. The molecular weight excluding hydrogens is 404 g/mol. The Labute approximate surface area is 186 Å². The van der Waals surface area contributed by atoms with Crippen LogP contribution in [0, 0.1) is 22.0 Å². The molecule has 0 unspecified atom stereocenters. The van der Waals surface area contributed by atoms with E-state index in [2.05, 4.69) is 17.2 Å². The summed E-state index contributed by atoms with van der Waals surface area (Å²) in [7, 11) is 0. The second kappa shape index (κ2) is 9.67. The molecule has 3 aromatic carbocycles. The number of anilines is 2. The Hall–Kier alpha value is -4.31. The molecule has 7 nitrogen and oxygen atoms in total. The summed E-state index contributed by atoms with van der Waals surface area (Å²) in [5, 5.41) is 14.2. The van der Waals surface area contributed by atoms with Gasteiger partial charge in [-0.1, -0.05) is 48.2 Å². The number of amides is 2. The van der Waals surface area contributed by atoms with Gasteiger partial charge >= 0.3 is 6.03 Å². The molecule has 4 rings (SSSR count). The normalized spacial score (nSPS) is 13.1. The second-order valence-corrected chi connectivity index (χ2v) is 7.35. The predicted octanol–water partition coefficient (Wildman–Crippen LogP) is 4.35. The summed E-state index contributed by atoms with van der Waals surface area (Å²) >= 11 is 0. The Morgan fingerprint density at radius 3 is 2.25 bits per heavy atom. The van der Waals surface area contributed by atoms with E-state index in [1.54, 1.807) is 23.1 Å². The van der Waals surface area contributed by atoms with Crippen LogP contribution >= 0.6 is 0 Å². The molecule has 1 aliphatic heterocycles. The molecule has 1 heterocycles. The first-order valence-electron chi connectivity index (χ1n) is 10.3. The van der Waals surface area contributed by atoms with Gasteiger partial charge < -0.3 is 15.1 Å². The zero-order chi connectivity index (χ0) is 22.3. The van der Waals surface area contributed by atoms with Crippen LogP contribution in [0.5, 0.6) is 0 Å². The standard InChI is InChI=1S/C25H22N4O3/c30-25(26-22-10-6-9-21(19-22)14-13-20-7-2-1-3-8-20)28-17-15-27(16-18-28)23-11-4-5-12-24(23)29(31)32/h1-12,19H,15-18H2,(H,26,30). The number of hydrogen-bond acceptors (Lipinski definition) is 4. The van der Waals surface area contributed by atoms with Crippen LogP contribution in [-0.4, -0.2) is 42.0 Å². The third-order valence-corrected chi connectivity index (χ3v) is 5.22. The lowest BCUT2D eigenvalue weighted by Crippen LogP contribution is -2.50. The van der Waals surface area contributed by atoms with Crippen molar-refractivity contribution in [2.45, 2.75) is 0 Å². The Morgan fingerprint density at radius 1 is 0.844 bits per heavy atom. The first-order chi connectivity index (χ1) is 15.6. The highest BCUT2D eigenvalue weighted by Gasteiger charge is 2.25. The number of nitrogens with zero attached hydrogens (tertiary/aromatic N) is 3. The van der Waals surface area contributed by atoms with Crippen molar-refractivity contribution in [2.75, 3.05) is 36.4 Å². The molecule has 7 heteroatoms. The third-order valence-electron chi connectivity index (χ3n) is 5.22. The number of para-hydroxylation sites is 2. The summed E-state index contributed by atoms with van der Waals surface area (Å²) in [6.45, 7) is 2.01. The highest BCUT2D eigenvalue weighted by Crippen LogP contribution is 2.28. The van der Waals surface area contributed by atoms with Crippen molar-refractivity contribution < 1.29 is 9.72 Å². The van der Waals surface area contributed by atoms with Gasteiger partial charge in [0.05, 0.1) is 4.92 Å². The van der Waals surface area contributed by atoms with E-state index in [-0.39, 0.29) is 16.6 Å². The number of rotatable bonds is 3. The van der Waals surface area contributed by atoms with Crippen LogP contribution in [0.2, 0.25) is 0 Å². The van der Waals surface area contributed by atoms with Crippen LogP contribution in [0.4, 0.5) is 21.9 Å². The largest absolute Gasteiger partial charge is 0.362 e. The Bertz CT molecular complexity index is 1180. The number of carbonyl (C=O) groups is 1. The van der Waals surface area contributed by atoms with E-state index in [1.807, 2.05) is 59.5 Å². The topological polar surface area (TPSA) is 78.7 Å². The number of nitro benzene ring substituents is 1. The fourth-order valence-corrected chi connectivity index (χ4v) is 3.58. The lowest BCUT2D eigenvalue weighted by molar-refractivity contribution is -0.384. The van der Waals surface area contributed by atoms with Gasteiger partial charge in [0, 0.05) is 49.1 Å². The van der Waals surface area contributed by atoms with Crippen molar-refractivity contribution in [3.63, 3.8) is 0 Å². The molecule has 0 radical (unpaired) electrons. The fourth-order valence-electron chi connectivity index (χ4n) is 3.58. The minimum Gasteiger partial charge on any atom is -0.362 e. The molecule has 1 fully saturated rings. The lowest BCUT2D eigenvalue weighted by Gasteiger charge is -2.35. The van der Waals surface area contributed by atoms with E-state index in [1.165, 1.54) is 6.07 Å². The average Bonchev–Trinajstić information content (AvgIpc) is 2.84. The predicted molar refractivity (Wildman–Crippen MR) is 125 cm³/mol. The Kier molecular flexibility index (Phi) is 6.33. The van der Waals surface area contributed by atoms with Crippen LogP contribution in [-0.2, 0) is 0 Å². The lowest BCUT2D eigenvalue weighted by atomic mass is 10.1. The SMILES string of the molecule is O=C(Nc1cccc(C#Cc2ccccc2)c1)N1CCN(c2ccccc2[N+](=O)[O-])CC1. The number of hydrogen-bond donors (Lipinski definition) is 1. The number of carbonyl (C=O) groups excluding carboxylic acids is 1. The van der Waals surface area contributed by atoms with Gasteiger partial charge in [0.25, 0.3) is 5.69 Å². The van der Waals surface area contributed by atoms with Crippen LogP contribution in [0.1, 0.15) is 11.1 Å². The zero-order valence-corrected chi connectivity index (χ0v) is 17.4. The second-order valence-electron chi connectivity index (χ2n) is 7.35. The van der Waals surface area contributed by atoms with E-state index in [4.69, 9.17) is 0 Å². The molecule has 3 aromatic rings. The first kappa shape index (κ1) is 20.9. The number of piperazine rings is 1. The van der Waals surface area contributed by atoms with E-state index in [0.717, 1.165) is 11.1 Å². The third kappa shape index (κ3) is 5.05. The van der Waals surface area contributed by atoms with Crippen LogP contribution in [0.3, 0.4) is 0 Å². The molecule has 0 atom stereocenters. The van der Waals surface area contributed by atoms with Crippen LogP contribution in [0.15, 0.2) is 78.9 Å². The van der Waals surface area contributed by atoms with Crippen molar-refractivity contribution in [3.05, 3.63) is 100 Å². The minimum atomic E-state index is -0.373. The number of nitrogens with one attached hydrogen (secondary N) is 1. The first-order valence-corrected chi connectivity index (χ1v) is 10.3. The summed E-state index contributed by atoms with van der Waals surface area (Å²) < 4.78 is 0. The van der Waals surface area contributed by atoms with Gasteiger partial charge in [-0.15, -0.1) is 0 Å². The van der Waals surface area contributed by atoms with Crippen molar-refractivity contribution in [3.8, 4) is 11.8 Å². The maximum Gasteiger partial charge on any atom is 0.321 e. The highest BCUT2D eigenvalue weighted by atomic mass is 16.6. The highest BCUT2D eigenvalue weighted by molar-refractivity contribution is 5.89. The molecule has 1 saturated heterocycles. The maximum absolute atomic E-state index is 12.7. The quantitative estimate of drug-likeness (QED) is 0.384. The average molecular weight is 426 g/mol.